The zero-order valence-corrected chi connectivity index (χ0v) is 18.5. The molecule has 1 atom stereocenters. The van der Waals surface area contributed by atoms with Crippen LogP contribution in [0.5, 0.6) is 0 Å². The van der Waals surface area contributed by atoms with E-state index >= 15 is 0 Å². The van der Waals surface area contributed by atoms with Crippen LogP contribution in [0.3, 0.4) is 0 Å². The van der Waals surface area contributed by atoms with Crippen LogP contribution in [0, 0.1) is 0 Å². The maximum absolute atomic E-state index is 13.0. The zero-order valence-electron chi connectivity index (χ0n) is 18.5. The van der Waals surface area contributed by atoms with Gasteiger partial charge in [-0.05, 0) is 24.8 Å². The second kappa shape index (κ2) is 9.29. The van der Waals surface area contributed by atoms with E-state index in [-0.39, 0.29) is 11.8 Å². The van der Waals surface area contributed by atoms with Gasteiger partial charge in [0.25, 0.3) is 0 Å². The van der Waals surface area contributed by atoms with Gasteiger partial charge in [0.15, 0.2) is 0 Å². The Labute approximate surface area is 183 Å². The lowest BCUT2D eigenvalue weighted by molar-refractivity contribution is -0.132. The topological polar surface area (TPSA) is 67.2 Å². The number of rotatable bonds is 6. The van der Waals surface area contributed by atoms with Crippen LogP contribution in [0.1, 0.15) is 36.4 Å². The van der Waals surface area contributed by atoms with Crippen LogP contribution in [0.25, 0.3) is 11.1 Å². The summed E-state index contributed by atoms with van der Waals surface area (Å²) >= 11 is 0. The normalized spacial score (nSPS) is 16.4. The van der Waals surface area contributed by atoms with Crippen LogP contribution in [-0.2, 0) is 18.3 Å². The lowest BCUT2D eigenvalue weighted by Gasteiger charge is -2.33. The number of hydrogen-bond donors (Lipinski definition) is 0. The molecule has 31 heavy (non-hydrogen) atoms. The summed E-state index contributed by atoms with van der Waals surface area (Å²) in [5.74, 6) is 1.10. The number of likely N-dealkylation sites (tertiary alicyclic amines) is 1. The van der Waals surface area contributed by atoms with Crippen LogP contribution in [0.2, 0.25) is 0 Å². The number of piperidine rings is 1. The van der Waals surface area contributed by atoms with Crippen molar-refractivity contribution in [1.82, 2.24) is 24.6 Å². The van der Waals surface area contributed by atoms with Gasteiger partial charge in [-0.25, -0.2) is 9.97 Å². The molecule has 1 amide bonds. The number of carbonyl (C=O) groups is 1. The van der Waals surface area contributed by atoms with Crippen LogP contribution < -0.4 is 4.90 Å². The Balaban J connectivity index is 1.54. The van der Waals surface area contributed by atoms with Crippen molar-refractivity contribution >= 4 is 11.9 Å². The third-order valence-corrected chi connectivity index (χ3v) is 5.85. The number of nitrogens with zero attached hydrogens (tertiary/aromatic N) is 6. The average molecular weight is 419 g/mol. The molecule has 2 aromatic heterocycles. The molecule has 0 aliphatic carbocycles. The van der Waals surface area contributed by atoms with Gasteiger partial charge in [0.05, 0.1) is 11.9 Å². The Bertz CT molecular complexity index is 1030. The summed E-state index contributed by atoms with van der Waals surface area (Å²) in [5, 5.41) is 4.32. The maximum Gasteiger partial charge on any atom is 0.225 e. The van der Waals surface area contributed by atoms with Crippen molar-refractivity contribution in [3.8, 4) is 11.1 Å². The predicted molar refractivity (Wildman–Crippen MR) is 122 cm³/mol. The van der Waals surface area contributed by atoms with Gasteiger partial charge in [0.2, 0.25) is 11.9 Å². The summed E-state index contributed by atoms with van der Waals surface area (Å²) in [6.07, 6.45) is 9.05. The first kappa shape index (κ1) is 21.0. The monoisotopic (exact) mass is 418 g/mol. The van der Waals surface area contributed by atoms with Crippen LogP contribution in [0.15, 0.2) is 48.9 Å². The average Bonchev–Trinajstić information content (AvgIpc) is 3.24. The van der Waals surface area contributed by atoms with E-state index in [2.05, 4.69) is 22.2 Å². The minimum atomic E-state index is 0.186. The summed E-state index contributed by atoms with van der Waals surface area (Å²) in [4.78, 5) is 26.3. The van der Waals surface area contributed by atoms with E-state index in [0.29, 0.717) is 18.9 Å². The Morgan fingerprint density at radius 2 is 2.00 bits per heavy atom. The predicted octanol–water partition coefficient (Wildman–Crippen LogP) is 3.28. The van der Waals surface area contributed by atoms with Gasteiger partial charge in [-0.2, -0.15) is 5.10 Å². The summed E-state index contributed by atoms with van der Waals surface area (Å²) in [6, 6.07) is 10.2. The van der Waals surface area contributed by atoms with Crippen LogP contribution in [0.4, 0.5) is 5.95 Å². The molecular formula is C24H30N6O. The SMILES string of the molecule is CN(C)c1ncc(-c2cnn(C)c2)c([C@H]2CCCN(C(=O)CCc3ccccc3)C2)n1. The summed E-state index contributed by atoms with van der Waals surface area (Å²) < 4.78 is 1.79. The van der Waals surface area contributed by atoms with Crippen molar-refractivity contribution in [3.05, 3.63) is 60.2 Å². The van der Waals surface area contributed by atoms with Crippen molar-refractivity contribution in [2.45, 2.75) is 31.6 Å². The third kappa shape index (κ3) is 4.93. The Morgan fingerprint density at radius 1 is 1.19 bits per heavy atom. The molecule has 0 spiro atoms. The molecule has 3 heterocycles. The Hall–Kier alpha value is -3.22. The fourth-order valence-electron chi connectivity index (χ4n) is 4.18. The lowest BCUT2D eigenvalue weighted by Crippen LogP contribution is -2.39. The first-order valence-corrected chi connectivity index (χ1v) is 10.9. The molecule has 0 N–H and O–H groups in total. The van der Waals surface area contributed by atoms with E-state index in [1.807, 2.05) is 67.7 Å². The van der Waals surface area contributed by atoms with Crippen LogP contribution >= 0.6 is 0 Å². The molecule has 0 radical (unpaired) electrons. The number of carbonyl (C=O) groups excluding carboxylic acids is 1. The molecule has 0 unspecified atom stereocenters. The summed E-state index contributed by atoms with van der Waals surface area (Å²) in [7, 11) is 5.80. The number of aryl methyl sites for hydroxylation is 2. The number of amides is 1. The standard InChI is InChI=1S/C24H30N6O/c1-28(2)24-25-15-21(20-14-26-29(3)16-20)23(27-24)19-10-7-13-30(17-19)22(31)12-11-18-8-5-4-6-9-18/h4-6,8-9,14-16,19H,7,10-13,17H2,1-3H3/t19-/m0/s1. The first-order valence-electron chi connectivity index (χ1n) is 10.9. The fourth-order valence-corrected chi connectivity index (χ4v) is 4.18. The second-order valence-corrected chi connectivity index (χ2v) is 8.43. The van der Waals surface area contributed by atoms with E-state index in [9.17, 15) is 4.79 Å². The van der Waals surface area contributed by atoms with E-state index in [1.54, 1.807) is 4.68 Å². The molecule has 1 aromatic carbocycles. The molecule has 7 nitrogen and oxygen atoms in total. The molecule has 4 rings (SSSR count). The number of benzene rings is 1. The molecule has 162 valence electrons. The highest BCUT2D eigenvalue weighted by atomic mass is 16.2. The fraction of sp³-hybridized carbons (Fsp3) is 0.417. The third-order valence-electron chi connectivity index (χ3n) is 5.85. The van der Waals surface area contributed by atoms with Gasteiger partial charge in [-0.3, -0.25) is 9.48 Å². The van der Waals surface area contributed by atoms with E-state index in [4.69, 9.17) is 4.98 Å². The van der Waals surface area contributed by atoms with Gasteiger partial charge in [-0.1, -0.05) is 30.3 Å². The van der Waals surface area contributed by atoms with Crippen molar-refractivity contribution in [1.29, 1.82) is 0 Å². The first-order chi connectivity index (χ1) is 15.0. The summed E-state index contributed by atoms with van der Waals surface area (Å²) in [5.41, 5.74) is 4.22. The molecule has 1 aliphatic rings. The molecule has 1 aliphatic heterocycles. The number of hydrogen-bond acceptors (Lipinski definition) is 5. The Morgan fingerprint density at radius 3 is 2.71 bits per heavy atom. The molecule has 0 saturated carbocycles. The smallest absolute Gasteiger partial charge is 0.225 e. The summed E-state index contributed by atoms with van der Waals surface area (Å²) in [6.45, 7) is 1.52. The zero-order chi connectivity index (χ0) is 21.8. The largest absolute Gasteiger partial charge is 0.347 e. The molecule has 1 saturated heterocycles. The van der Waals surface area contributed by atoms with Gasteiger partial charge in [0, 0.05) is 70.1 Å². The van der Waals surface area contributed by atoms with Gasteiger partial charge in [-0.15, -0.1) is 0 Å². The van der Waals surface area contributed by atoms with E-state index in [1.165, 1.54) is 5.56 Å². The maximum atomic E-state index is 13.0. The quantitative estimate of drug-likeness (QED) is 0.615. The van der Waals surface area contributed by atoms with Gasteiger partial charge >= 0.3 is 0 Å². The van der Waals surface area contributed by atoms with Crippen molar-refractivity contribution in [2.24, 2.45) is 7.05 Å². The number of aromatic nitrogens is 4. The van der Waals surface area contributed by atoms with Crippen molar-refractivity contribution < 1.29 is 4.79 Å². The highest BCUT2D eigenvalue weighted by Crippen LogP contribution is 2.34. The molecule has 3 aromatic rings. The van der Waals surface area contributed by atoms with Crippen molar-refractivity contribution in [2.75, 3.05) is 32.1 Å². The Kier molecular flexibility index (Phi) is 6.30. The number of anilines is 1. The molecular weight excluding hydrogens is 388 g/mol. The molecule has 7 heteroatoms. The van der Waals surface area contributed by atoms with Crippen LogP contribution in [-0.4, -0.2) is 57.7 Å². The van der Waals surface area contributed by atoms with E-state index in [0.717, 1.165) is 42.6 Å². The molecule has 1 fully saturated rings. The minimum Gasteiger partial charge on any atom is -0.347 e. The van der Waals surface area contributed by atoms with E-state index < -0.39 is 0 Å². The highest BCUT2D eigenvalue weighted by molar-refractivity contribution is 5.77. The minimum absolute atomic E-state index is 0.186. The second-order valence-electron chi connectivity index (χ2n) is 8.43. The molecule has 0 bridgehead atoms. The van der Waals surface area contributed by atoms with Gasteiger partial charge < -0.3 is 9.80 Å². The lowest BCUT2D eigenvalue weighted by atomic mass is 9.90. The van der Waals surface area contributed by atoms with Crippen molar-refractivity contribution in [3.63, 3.8) is 0 Å². The highest BCUT2D eigenvalue weighted by Gasteiger charge is 2.28. The van der Waals surface area contributed by atoms with Gasteiger partial charge in [0.1, 0.15) is 0 Å².